The number of aromatic nitrogens is 2. The number of nitrogens with one attached hydrogen (secondary N) is 1. The van der Waals surface area contributed by atoms with Crippen LogP contribution in [0.5, 0.6) is 0 Å². The highest BCUT2D eigenvalue weighted by Gasteiger charge is 2.19. The van der Waals surface area contributed by atoms with Crippen molar-refractivity contribution in [1.29, 1.82) is 0 Å². The molecule has 1 aliphatic carbocycles. The van der Waals surface area contributed by atoms with Gasteiger partial charge in [0.05, 0.1) is 10.4 Å². The fourth-order valence-corrected chi connectivity index (χ4v) is 4.04. The Morgan fingerprint density at radius 2 is 2.09 bits per heavy atom. The summed E-state index contributed by atoms with van der Waals surface area (Å²) in [6.07, 6.45) is 7.84. The fourth-order valence-electron chi connectivity index (χ4n) is 3.39. The largest absolute Gasteiger partial charge is 0.369 e. The van der Waals surface area contributed by atoms with Crippen molar-refractivity contribution in [2.45, 2.75) is 37.5 Å². The maximum atomic E-state index is 11.8. The minimum atomic E-state index is -3.24. The van der Waals surface area contributed by atoms with Gasteiger partial charge in [0.2, 0.25) is 0 Å². The summed E-state index contributed by atoms with van der Waals surface area (Å²) in [5.74, 6) is 2.16. The first-order valence-corrected chi connectivity index (χ1v) is 10.0. The first kappa shape index (κ1) is 16.2. The molecule has 1 aliphatic rings. The standard InChI is InChI=1S/C17H23N3O2S/c1-12-4-3-5-13(8-12)10-18-17-15-9-14(23(2,21)22)6-7-16(15)19-11-20-17/h6-7,9,11-13H,3-5,8,10H2,1-2H3,(H,18,19,20). The number of sulfone groups is 1. The van der Waals surface area contributed by atoms with E-state index in [1.54, 1.807) is 18.2 Å². The lowest BCUT2D eigenvalue weighted by atomic mass is 9.82. The van der Waals surface area contributed by atoms with Gasteiger partial charge in [-0.15, -0.1) is 0 Å². The normalized spacial score (nSPS) is 22.2. The number of nitrogens with zero attached hydrogens (tertiary/aromatic N) is 2. The van der Waals surface area contributed by atoms with Gasteiger partial charge in [-0.25, -0.2) is 18.4 Å². The van der Waals surface area contributed by atoms with Gasteiger partial charge in [-0.1, -0.05) is 19.8 Å². The molecule has 5 nitrogen and oxygen atoms in total. The highest BCUT2D eigenvalue weighted by atomic mass is 32.2. The van der Waals surface area contributed by atoms with Crippen molar-refractivity contribution in [1.82, 2.24) is 9.97 Å². The minimum Gasteiger partial charge on any atom is -0.369 e. The molecule has 6 heteroatoms. The Hall–Kier alpha value is -1.69. The quantitative estimate of drug-likeness (QED) is 0.929. The summed E-state index contributed by atoms with van der Waals surface area (Å²) in [6, 6.07) is 5.00. The SMILES string of the molecule is CC1CCCC(CNc2ncnc3ccc(S(C)(=O)=O)cc23)C1. The van der Waals surface area contributed by atoms with E-state index in [2.05, 4.69) is 22.2 Å². The third kappa shape index (κ3) is 3.80. The molecule has 1 fully saturated rings. The molecular formula is C17H23N3O2S. The molecule has 0 bridgehead atoms. The van der Waals surface area contributed by atoms with E-state index in [1.807, 2.05) is 0 Å². The van der Waals surface area contributed by atoms with Gasteiger partial charge in [-0.3, -0.25) is 0 Å². The third-order valence-corrected chi connectivity index (χ3v) is 5.75. The van der Waals surface area contributed by atoms with Crippen molar-refractivity contribution in [2.24, 2.45) is 11.8 Å². The highest BCUT2D eigenvalue weighted by Crippen LogP contribution is 2.29. The molecular weight excluding hydrogens is 310 g/mol. The van der Waals surface area contributed by atoms with Crippen LogP contribution in [0, 0.1) is 11.8 Å². The van der Waals surface area contributed by atoms with E-state index in [0.29, 0.717) is 10.8 Å². The van der Waals surface area contributed by atoms with E-state index in [-0.39, 0.29) is 0 Å². The average Bonchev–Trinajstić information content (AvgIpc) is 2.51. The van der Waals surface area contributed by atoms with Gasteiger partial charge in [0.25, 0.3) is 0 Å². The summed E-state index contributed by atoms with van der Waals surface area (Å²) in [4.78, 5) is 8.84. The van der Waals surface area contributed by atoms with Crippen LogP contribution in [0.15, 0.2) is 29.4 Å². The van der Waals surface area contributed by atoms with Gasteiger partial charge in [0.1, 0.15) is 12.1 Å². The molecule has 0 spiro atoms. The second-order valence-electron chi connectivity index (χ2n) is 6.69. The van der Waals surface area contributed by atoms with Gasteiger partial charge in [0, 0.05) is 18.2 Å². The molecule has 2 aromatic rings. The van der Waals surface area contributed by atoms with Crippen molar-refractivity contribution < 1.29 is 8.42 Å². The molecule has 0 amide bonds. The predicted molar refractivity (Wildman–Crippen MR) is 92.3 cm³/mol. The van der Waals surface area contributed by atoms with Crippen molar-refractivity contribution in [2.75, 3.05) is 18.1 Å². The van der Waals surface area contributed by atoms with E-state index in [4.69, 9.17) is 0 Å². The van der Waals surface area contributed by atoms with Crippen LogP contribution in [0.2, 0.25) is 0 Å². The van der Waals surface area contributed by atoms with E-state index in [9.17, 15) is 8.42 Å². The third-order valence-electron chi connectivity index (χ3n) is 4.64. The van der Waals surface area contributed by atoms with Gasteiger partial charge < -0.3 is 5.32 Å². The molecule has 3 rings (SSSR count). The van der Waals surface area contributed by atoms with Crippen LogP contribution in [0.3, 0.4) is 0 Å². The number of hydrogen-bond acceptors (Lipinski definition) is 5. The second kappa shape index (κ2) is 6.43. The summed E-state index contributed by atoms with van der Waals surface area (Å²) < 4.78 is 23.5. The van der Waals surface area contributed by atoms with Crippen LogP contribution in [-0.4, -0.2) is 31.2 Å². The fraction of sp³-hybridized carbons (Fsp3) is 0.529. The first-order chi connectivity index (χ1) is 10.9. The Kier molecular flexibility index (Phi) is 4.53. The molecule has 2 unspecified atom stereocenters. The molecule has 1 heterocycles. The van der Waals surface area contributed by atoms with Crippen LogP contribution in [0.25, 0.3) is 10.9 Å². The Bertz CT molecular complexity index is 805. The summed E-state index contributed by atoms with van der Waals surface area (Å²) in [5.41, 5.74) is 0.756. The van der Waals surface area contributed by atoms with Crippen LogP contribution in [0.1, 0.15) is 32.6 Å². The number of rotatable bonds is 4. The van der Waals surface area contributed by atoms with Gasteiger partial charge in [0.15, 0.2) is 9.84 Å². The van der Waals surface area contributed by atoms with E-state index < -0.39 is 9.84 Å². The molecule has 1 aromatic heterocycles. The van der Waals surface area contributed by atoms with Gasteiger partial charge in [-0.05, 0) is 42.9 Å². The van der Waals surface area contributed by atoms with Crippen LogP contribution in [0.4, 0.5) is 5.82 Å². The van der Waals surface area contributed by atoms with Gasteiger partial charge >= 0.3 is 0 Å². The zero-order valence-electron chi connectivity index (χ0n) is 13.6. The summed E-state index contributed by atoms with van der Waals surface area (Å²) >= 11 is 0. The summed E-state index contributed by atoms with van der Waals surface area (Å²) in [5, 5.41) is 4.17. The molecule has 0 radical (unpaired) electrons. The lowest BCUT2D eigenvalue weighted by Crippen LogP contribution is -2.21. The molecule has 1 N–H and O–H groups in total. The van der Waals surface area contributed by atoms with Crippen LogP contribution in [-0.2, 0) is 9.84 Å². The molecule has 1 saturated carbocycles. The maximum absolute atomic E-state index is 11.8. The first-order valence-electron chi connectivity index (χ1n) is 8.12. The number of hydrogen-bond donors (Lipinski definition) is 1. The van der Waals surface area contributed by atoms with Crippen LogP contribution >= 0.6 is 0 Å². The molecule has 2 atom stereocenters. The predicted octanol–water partition coefficient (Wildman–Crippen LogP) is 3.27. The molecule has 0 saturated heterocycles. The lowest BCUT2D eigenvalue weighted by Gasteiger charge is -2.27. The number of benzene rings is 1. The number of fused-ring (bicyclic) bond motifs is 1. The monoisotopic (exact) mass is 333 g/mol. The lowest BCUT2D eigenvalue weighted by molar-refractivity contribution is 0.293. The van der Waals surface area contributed by atoms with Crippen molar-refractivity contribution in [3.8, 4) is 0 Å². The Balaban J connectivity index is 1.85. The maximum Gasteiger partial charge on any atom is 0.175 e. The smallest absolute Gasteiger partial charge is 0.175 e. The van der Waals surface area contributed by atoms with E-state index in [0.717, 1.165) is 29.2 Å². The van der Waals surface area contributed by atoms with Crippen molar-refractivity contribution >= 4 is 26.6 Å². The Morgan fingerprint density at radius 1 is 1.26 bits per heavy atom. The zero-order valence-corrected chi connectivity index (χ0v) is 14.4. The molecule has 23 heavy (non-hydrogen) atoms. The summed E-state index contributed by atoms with van der Waals surface area (Å²) in [7, 11) is -3.24. The Morgan fingerprint density at radius 3 is 2.83 bits per heavy atom. The number of anilines is 1. The molecule has 1 aromatic carbocycles. The van der Waals surface area contributed by atoms with E-state index in [1.165, 1.54) is 38.3 Å². The zero-order chi connectivity index (χ0) is 16.4. The highest BCUT2D eigenvalue weighted by molar-refractivity contribution is 7.90. The molecule has 124 valence electrons. The Labute approximate surface area is 137 Å². The average molecular weight is 333 g/mol. The topological polar surface area (TPSA) is 72.0 Å². The minimum absolute atomic E-state index is 0.300. The van der Waals surface area contributed by atoms with Crippen molar-refractivity contribution in [3.05, 3.63) is 24.5 Å². The van der Waals surface area contributed by atoms with Crippen molar-refractivity contribution in [3.63, 3.8) is 0 Å². The van der Waals surface area contributed by atoms with Gasteiger partial charge in [-0.2, -0.15) is 0 Å². The molecule has 0 aliphatic heterocycles. The summed E-state index contributed by atoms with van der Waals surface area (Å²) in [6.45, 7) is 3.18. The van der Waals surface area contributed by atoms with Crippen LogP contribution < -0.4 is 5.32 Å². The van der Waals surface area contributed by atoms with E-state index >= 15 is 0 Å². The second-order valence-corrected chi connectivity index (χ2v) is 8.71.